The number of hydrogen-bond donors (Lipinski definition) is 0. The van der Waals surface area contributed by atoms with Crippen LogP contribution in [0.25, 0.3) is 16.9 Å². The summed E-state index contributed by atoms with van der Waals surface area (Å²) in [6, 6.07) is 18.6. The SMILES string of the molecule is C=C(O/N=C(\C)c1cc(F)ccc1OC)c1ccc(-c2ccccc2C)c(C)c1. The molecule has 0 atom stereocenters. The van der Waals surface area contributed by atoms with E-state index in [1.807, 2.05) is 24.3 Å². The van der Waals surface area contributed by atoms with Gasteiger partial charge in [0.1, 0.15) is 11.6 Å². The van der Waals surface area contributed by atoms with Crippen LogP contribution in [0.2, 0.25) is 0 Å². The van der Waals surface area contributed by atoms with Crippen LogP contribution in [0.3, 0.4) is 0 Å². The minimum Gasteiger partial charge on any atom is -0.496 e. The Bertz CT molecular complexity index is 1090. The van der Waals surface area contributed by atoms with Crippen LogP contribution < -0.4 is 4.74 Å². The van der Waals surface area contributed by atoms with Crippen molar-refractivity contribution in [2.45, 2.75) is 20.8 Å². The van der Waals surface area contributed by atoms with E-state index >= 15 is 0 Å². The van der Waals surface area contributed by atoms with E-state index in [0.29, 0.717) is 22.8 Å². The Morgan fingerprint density at radius 1 is 0.931 bits per heavy atom. The smallest absolute Gasteiger partial charge is 0.158 e. The number of hydrogen-bond acceptors (Lipinski definition) is 3. The monoisotopic (exact) mass is 389 g/mol. The summed E-state index contributed by atoms with van der Waals surface area (Å²) < 4.78 is 18.9. The molecule has 3 aromatic carbocycles. The number of halogens is 1. The summed E-state index contributed by atoms with van der Waals surface area (Å²) in [5.74, 6) is 0.580. The highest BCUT2D eigenvalue weighted by Gasteiger charge is 2.11. The van der Waals surface area contributed by atoms with Gasteiger partial charge in [-0.3, -0.25) is 0 Å². The lowest BCUT2D eigenvalue weighted by molar-refractivity contribution is 0.298. The fourth-order valence-corrected chi connectivity index (χ4v) is 3.20. The zero-order valence-corrected chi connectivity index (χ0v) is 17.1. The third-order valence-corrected chi connectivity index (χ3v) is 4.83. The molecule has 0 heterocycles. The van der Waals surface area contributed by atoms with Crippen molar-refractivity contribution in [3.8, 4) is 16.9 Å². The first kappa shape index (κ1) is 20.3. The second-order valence-electron chi connectivity index (χ2n) is 6.88. The molecule has 0 amide bonds. The maximum atomic E-state index is 13.6. The van der Waals surface area contributed by atoms with Gasteiger partial charge in [0.05, 0.1) is 12.8 Å². The number of ether oxygens (including phenoxy) is 1. The second-order valence-corrected chi connectivity index (χ2v) is 6.88. The molecule has 0 radical (unpaired) electrons. The van der Waals surface area contributed by atoms with Gasteiger partial charge in [-0.25, -0.2) is 4.39 Å². The fourth-order valence-electron chi connectivity index (χ4n) is 3.20. The van der Waals surface area contributed by atoms with Crippen molar-refractivity contribution in [1.29, 1.82) is 0 Å². The first-order valence-corrected chi connectivity index (χ1v) is 9.32. The van der Waals surface area contributed by atoms with Crippen molar-refractivity contribution in [2.24, 2.45) is 5.16 Å². The van der Waals surface area contributed by atoms with Crippen LogP contribution in [0.1, 0.15) is 29.2 Å². The minimum atomic E-state index is -0.364. The van der Waals surface area contributed by atoms with E-state index in [1.165, 1.54) is 35.9 Å². The highest BCUT2D eigenvalue weighted by Crippen LogP contribution is 2.29. The van der Waals surface area contributed by atoms with Crippen LogP contribution in [-0.2, 0) is 4.84 Å². The highest BCUT2D eigenvalue weighted by molar-refractivity contribution is 6.00. The molecule has 0 saturated carbocycles. The van der Waals surface area contributed by atoms with Crippen LogP contribution >= 0.6 is 0 Å². The van der Waals surface area contributed by atoms with Crippen molar-refractivity contribution in [2.75, 3.05) is 7.11 Å². The maximum Gasteiger partial charge on any atom is 0.158 e. The van der Waals surface area contributed by atoms with Gasteiger partial charge in [0.2, 0.25) is 0 Å². The van der Waals surface area contributed by atoms with Gasteiger partial charge >= 0.3 is 0 Å². The van der Waals surface area contributed by atoms with Gasteiger partial charge in [0.25, 0.3) is 0 Å². The minimum absolute atomic E-state index is 0.364. The number of methoxy groups -OCH3 is 1. The summed E-state index contributed by atoms with van der Waals surface area (Å²) in [6.45, 7) is 9.87. The predicted octanol–water partition coefficient (Wildman–Crippen LogP) is 6.53. The van der Waals surface area contributed by atoms with E-state index in [2.05, 4.69) is 43.8 Å². The molecule has 0 fully saturated rings. The average molecular weight is 389 g/mol. The quantitative estimate of drug-likeness (QED) is 0.273. The van der Waals surface area contributed by atoms with E-state index in [9.17, 15) is 4.39 Å². The van der Waals surface area contributed by atoms with Gasteiger partial charge in [-0.1, -0.05) is 48.1 Å². The second kappa shape index (κ2) is 8.74. The fraction of sp³-hybridized carbons (Fsp3) is 0.160. The van der Waals surface area contributed by atoms with Crippen LogP contribution in [0.5, 0.6) is 5.75 Å². The van der Waals surface area contributed by atoms with E-state index in [1.54, 1.807) is 13.0 Å². The van der Waals surface area contributed by atoms with E-state index < -0.39 is 0 Å². The van der Waals surface area contributed by atoms with Gasteiger partial charge in [0.15, 0.2) is 5.76 Å². The summed E-state index contributed by atoms with van der Waals surface area (Å²) in [5, 5.41) is 4.12. The lowest BCUT2D eigenvalue weighted by Crippen LogP contribution is -2.01. The Balaban J connectivity index is 1.81. The molecule has 3 nitrogen and oxygen atoms in total. The summed E-state index contributed by atoms with van der Waals surface area (Å²) >= 11 is 0. The van der Waals surface area contributed by atoms with Gasteiger partial charge in [-0.15, -0.1) is 0 Å². The molecular formula is C25H24FNO2. The standard InChI is InChI=1S/C25H24FNO2/c1-16-8-6-7-9-22(16)23-12-10-20(14-17(23)2)19(4)29-27-18(3)24-15-21(26)11-13-25(24)28-5/h6-15H,4H2,1-3,5H3/b27-18+. The third-order valence-electron chi connectivity index (χ3n) is 4.83. The lowest BCUT2D eigenvalue weighted by atomic mass is 9.95. The third kappa shape index (κ3) is 4.54. The van der Waals surface area contributed by atoms with Gasteiger partial charge in [-0.05, 0) is 67.3 Å². The van der Waals surface area contributed by atoms with E-state index in [4.69, 9.17) is 9.57 Å². The Morgan fingerprint density at radius 2 is 1.66 bits per heavy atom. The van der Waals surface area contributed by atoms with Gasteiger partial charge < -0.3 is 9.57 Å². The molecule has 0 aliphatic heterocycles. The Morgan fingerprint density at radius 3 is 2.34 bits per heavy atom. The van der Waals surface area contributed by atoms with Crippen molar-refractivity contribution < 1.29 is 14.0 Å². The summed E-state index contributed by atoms with van der Waals surface area (Å²) in [6.07, 6.45) is 0. The maximum absolute atomic E-state index is 13.6. The Kier molecular flexibility index (Phi) is 6.13. The number of oxime groups is 1. The summed E-state index contributed by atoms with van der Waals surface area (Å²) in [7, 11) is 1.53. The molecule has 3 aromatic rings. The molecule has 3 rings (SSSR count). The molecule has 0 unspecified atom stereocenters. The number of rotatable bonds is 6. The Hall–Kier alpha value is -3.40. The molecular weight excluding hydrogens is 365 g/mol. The molecule has 0 aliphatic rings. The van der Waals surface area contributed by atoms with Crippen LogP contribution in [0.15, 0.2) is 72.4 Å². The first-order chi connectivity index (χ1) is 13.9. The molecule has 148 valence electrons. The van der Waals surface area contributed by atoms with Gasteiger partial charge in [0, 0.05) is 11.1 Å². The molecule has 0 saturated heterocycles. The average Bonchev–Trinajstić information content (AvgIpc) is 2.72. The predicted molar refractivity (Wildman–Crippen MR) is 117 cm³/mol. The zero-order chi connectivity index (χ0) is 21.0. The number of aryl methyl sites for hydroxylation is 2. The van der Waals surface area contributed by atoms with Crippen molar-refractivity contribution in [3.05, 3.63) is 95.3 Å². The zero-order valence-electron chi connectivity index (χ0n) is 17.1. The topological polar surface area (TPSA) is 30.8 Å². The lowest BCUT2D eigenvalue weighted by Gasteiger charge is -2.12. The van der Waals surface area contributed by atoms with Crippen molar-refractivity contribution in [3.63, 3.8) is 0 Å². The van der Waals surface area contributed by atoms with Crippen molar-refractivity contribution >= 4 is 11.5 Å². The van der Waals surface area contributed by atoms with Crippen LogP contribution in [-0.4, -0.2) is 12.8 Å². The largest absolute Gasteiger partial charge is 0.496 e. The molecule has 4 heteroatoms. The molecule has 0 aliphatic carbocycles. The number of nitrogens with zero attached hydrogens (tertiary/aromatic N) is 1. The van der Waals surface area contributed by atoms with Crippen LogP contribution in [0.4, 0.5) is 4.39 Å². The normalized spacial score (nSPS) is 11.3. The molecule has 0 bridgehead atoms. The highest BCUT2D eigenvalue weighted by atomic mass is 19.1. The summed E-state index contributed by atoms with van der Waals surface area (Å²) in [4.78, 5) is 5.52. The molecule has 0 N–H and O–H groups in total. The van der Waals surface area contributed by atoms with Gasteiger partial charge in [-0.2, -0.15) is 0 Å². The van der Waals surface area contributed by atoms with Crippen molar-refractivity contribution in [1.82, 2.24) is 0 Å². The molecule has 0 aromatic heterocycles. The Labute approximate surface area is 171 Å². The summed E-state index contributed by atoms with van der Waals surface area (Å²) in [5.41, 5.74) is 6.58. The van der Waals surface area contributed by atoms with E-state index in [-0.39, 0.29) is 5.82 Å². The van der Waals surface area contributed by atoms with Crippen LogP contribution in [0, 0.1) is 19.7 Å². The molecule has 0 spiro atoms. The number of benzene rings is 3. The van der Waals surface area contributed by atoms with E-state index in [0.717, 1.165) is 11.1 Å². The molecule has 29 heavy (non-hydrogen) atoms. The first-order valence-electron chi connectivity index (χ1n) is 9.32.